The molecule has 1 amide bonds. The van der Waals surface area contributed by atoms with Gasteiger partial charge in [0.1, 0.15) is 6.10 Å². The fourth-order valence-electron chi connectivity index (χ4n) is 0.332. The lowest BCUT2D eigenvalue weighted by Crippen LogP contribution is -2.33. The third-order valence-electron chi connectivity index (χ3n) is 0.957. The van der Waals surface area contributed by atoms with Crippen LogP contribution in [-0.2, 0) is 4.79 Å². The first-order valence-corrected chi connectivity index (χ1v) is 3.63. The summed E-state index contributed by atoms with van der Waals surface area (Å²) in [5.74, 6) is -0.899. The normalized spacial score (nSPS) is 14.2. The van der Waals surface area contributed by atoms with E-state index in [1.807, 2.05) is 0 Å². The van der Waals surface area contributed by atoms with Crippen molar-refractivity contribution in [2.75, 3.05) is 0 Å². The minimum absolute atomic E-state index is 0.329. The van der Waals surface area contributed by atoms with E-state index in [4.69, 9.17) is 45.6 Å². The molecule has 64 valence electrons. The van der Waals surface area contributed by atoms with Crippen LogP contribution >= 0.6 is 34.8 Å². The lowest BCUT2D eigenvalue weighted by molar-refractivity contribution is -0.115. The molecule has 0 spiro atoms. The minimum Gasteiger partial charge on any atom is -0.384 e. The van der Waals surface area contributed by atoms with Gasteiger partial charge < -0.3 is 10.8 Å². The van der Waals surface area contributed by atoms with Crippen LogP contribution in [-0.4, -0.2) is 20.9 Å². The smallest absolute Gasteiger partial charge is 0.246 e. The Bertz CT molecular complexity index is 187. The van der Waals surface area contributed by atoms with E-state index in [0.29, 0.717) is 0 Å². The maximum absolute atomic E-state index is 10.4. The summed E-state index contributed by atoms with van der Waals surface area (Å²) in [7, 11) is 0. The number of amides is 1. The topological polar surface area (TPSA) is 63.3 Å². The predicted molar refractivity (Wildman–Crippen MR) is 44.6 cm³/mol. The molecule has 0 aromatic heterocycles. The third kappa shape index (κ3) is 3.29. The van der Waals surface area contributed by atoms with Gasteiger partial charge in [0.2, 0.25) is 9.70 Å². The van der Waals surface area contributed by atoms with E-state index in [9.17, 15) is 4.79 Å². The molecule has 6 heteroatoms. The Balaban J connectivity index is 4.38. The zero-order valence-electron chi connectivity index (χ0n) is 5.35. The number of alkyl halides is 3. The lowest BCUT2D eigenvalue weighted by Gasteiger charge is -2.18. The molecule has 0 bridgehead atoms. The van der Waals surface area contributed by atoms with Crippen LogP contribution in [0.25, 0.3) is 0 Å². The van der Waals surface area contributed by atoms with Crippen molar-refractivity contribution in [2.45, 2.75) is 9.90 Å². The van der Waals surface area contributed by atoms with Crippen molar-refractivity contribution in [2.24, 2.45) is 5.73 Å². The van der Waals surface area contributed by atoms with Crippen molar-refractivity contribution in [3.05, 3.63) is 12.2 Å². The third-order valence-corrected chi connectivity index (χ3v) is 1.58. The monoisotopic (exact) mass is 217 g/mol. The summed E-state index contributed by atoms with van der Waals surface area (Å²) in [5, 5.41) is 9.03. The average Bonchev–Trinajstić information content (AvgIpc) is 1.82. The van der Waals surface area contributed by atoms with E-state index in [1.165, 1.54) is 0 Å². The van der Waals surface area contributed by atoms with Crippen LogP contribution < -0.4 is 5.73 Å². The van der Waals surface area contributed by atoms with E-state index >= 15 is 0 Å². The maximum atomic E-state index is 10.4. The fourth-order valence-corrected chi connectivity index (χ4v) is 0.727. The highest BCUT2D eigenvalue weighted by atomic mass is 35.6. The molecule has 1 atom stereocenters. The summed E-state index contributed by atoms with van der Waals surface area (Å²) in [4.78, 5) is 10.4. The summed E-state index contributed by atoms with van der Waals surface area (Å²) in [5.41, 5.74) is 4.43. The van der Waals surface area contributed by atoms with Crippen molar-refractivity contribution in [1.29, 1.82) is 0 Å². The number of halogens is 3. The quantitative estimate of drug-likeness (QED) is 0.531. The van der Waals surface area contributed by atoms with Gasteiger partial charge in [-0.2, -0.15) is 0 Å². The Morgan fingerprint density at radius 3 is 2.00 bits per heavy atom. The molecule has 0 saturated heterocycles. The number of carbonyl (C=O) groups excluding carboxylic acids is 1. The number of hydrogen-bond acceptors (Lipinski definition) is 2. The van der Waals surface area contributed by atoms with Gasteiger partial charge in [0.25, 0.3) is 0 Å². The highest BCUT2D eigenvalue weighted by molar-refractivity contribution is 6.68. The summed E-state index contributed by atoms with van der Waals surface area (Å²) in [6.07, 6.45) is -1.56. The van der Waals surface area contributed by atoms with Crippen LogP contribution in [0.4, 0.5) is 0 Å². The largest absolute Gasteiger partial charge is 0.384 e. The van der Waals surface area contributed by atoms with Gasteiger partial charge in [0, 0.05) is 5.57 Å². The molecule has 0 heterocycles. The fraction of sp³-hybridized carbons (Fsp3) is 0.400. The number of carbonyl (C=O) groups is 1. The standard InChI is InChI=1S/C5H6Cl3NO2/c1-2(4(9)11)3(10)5(6,7)8/h3,10H,1H2,(H2,9,11). The first-order valence-electron chi connectivity index (χ1n) is 2.50. The molecule has 1 unspecified atom stereocenters. The number of nitrogens with two attached hydrogens (primary N) is 1. The summed E-state index contributed by atoms with van der Waals surface area (Å²) in [6.45, 7) is 3.14. The molecule has 0 saturated carbocycles. The van der Waals surface area contributed by atoms with Crippen LogP contribution in [0.15, 0.2) is 12.2 Å². The van der Waals surface area contributed by atoms with Gasteiger partial charge in [0.15, 0.2) is 0 Å². The zero-order valence-corrected chi connectivity index (χ0v) is 7.62. The average molecular weight is 218 g/mol. The van der Waals surface area contributed by atoms with Gasteiger partial charge in [-0.05, 0) is 0 Å². The molecule has 3 nitrogen and oxygen atoms in total. The van der Waals surface area contributed by atoms with Crippen molar-refractivity contribution in [1.82, 2.24) is 0 Å². The molecule has 0 fully saturated rings. The number of primary amides is 1. The first kappa shape index (κ1) is 11.0. The molecule has 0 aromatic carbocycles. The Kier molecular flexibility index (Phi) is 3.64. The van der Waals surface area contributed by atoms with Crippen LogP contribution in [0.5, 0.6) is 0 Å². The Morgan fingerprint density at radius 1 is 1.55 bits per heavy atom. The van der Waals surface area contributed by atoms with Crippen LogP contribution in [0.2, 0.25) is 0 Å². The molecule has 0 aliphatic carbocycles. The molecular weight excluding hydrogens is 212 g/mol. The zero-order chi connectivity index (χ0) is 9.23. The molecule has 0 aliphatic heterocycles. The molecule has 0 radical (unpaired) electrons. The second-order valence-corrected chi connectivity index (χ2v) is 4.20. The van der Waals surface area contributed by atoms with Gasteiger partial charge in [-0.15, -0.1) is 0 Å². The van der Waals surface area contributed by atoms with E-state index in [1.54, 1.807) is 0 Å². The van der Waals surface area contributed by atoms with Gasteiger partial charge in [0.05, 0.1) is 0 Å². The van der Waals surface area contributed by atoms with E-state index < -0.39 is 15.8 Å². The van der Waals surface area contributed by atoms with Crippen molar-refractivity contribution in [3.8, 4) is 0 Å². The number of aliphatic hydroxyl groups excluding tert-OH is 1. The van der Waals surface area contributed by atoms with Crippen molar-refractivity contribution < 1.29 is 9.90 Å². The summed E-state index contributed by atoms with van der Waals surface area (Å²) < 4.78 is -1.97. The second kappa shape index (κ2) is 3.63. The first-order chi connectivity index (χ1) is 4.76. The molecule has 0 aliphatic rings. The van der Waals surface area contributed by atoms with Crippen LogP contribution in [0.3, 0.4) is 0 Å². The number of hydrogen-bond donors (Lipinski definition) is 2. The Hall–Kier alpha value is 0.0400. The highest BCUT2D eigenvalue weighted by Crippen LogP contribution is 2.33. The van der Waals surface area contributed by atoms with E-state index in [-0.39, 0.29) is 5.57 Å². The summed E-state index contributed by atoms with van der Waals surface area (Å²) in [6, 6.07) is 0. The van der Waals surface area contributed by atoms with Crippen molar-refractivity contribution in [3.63, 3.8) is 0 Å². The van der Waals surface area contributed by atoms with Gasteiger partial charge >= 0.3 is 0 Å². The molecule has 3 N–H and O–H groups in total. The lowest BCUT2D eigenvalue weighted by atomic mass is 10.2. The van der Waals surface area contributed by atoms with Gasteiger partial charge in [-0.1, -0.05) is 41.4 Å². The van der Waals surface area contributed by atoms with Crippen LogP contribution in [0, 0.1) is 0 Å². The van der Waals surface area contributed by atoms with Crippen molar-refractivity contribution >= 4 is 40.7 Å². The van der Waals surface area contributed by atoms with Crippen LogP contribution in [0.1, 0.15) is 0 Å². The van der Waals surface area contributed by atoms with E-state index in [0.717, 1.165) is 0 Å². The van der Waals surface area contributed by atoms with Gasteiger partial charge in [-0.25, -0.2) is 0 Å². The minimum atomic E-state index is -1.97. The van der Waals surface area contributed by atoms with E-state index in [2.05, 4.69) is 6.58 Å². The maximum Gasteiger partial charge on any atom is 0.246 e. The second-order valence-electron chi connectivity index (χ2n) is 1.83. The van der Waals surface area contributed by atoms with Gasteiger partial charge in [-0.3, -0.25) is 4.79 Å². The SMILES string of the molecule is C=C(C(N)=O)C(O)C(Cl)(Cl)Cl. The molecule has 11 heavy (non-hydrogen) atoms. The predicted octanol–water partition coefficient (Wildman–Crippen LogP) is 0.759. The molecule has 0 aromatic rings. The number of aliphatic hydroxyl groups is 1. The highest BCUT2D eigenvalue weighted by Gasteiger charge is 2.34. The Labute approximate surface area is 78.7 Å². The molecular formula is C5H6Cl3NO2. The summed E-state index contributed by atoms with van der Waals surface area (Å²) >= 11 is 15.7. The number of rotatable bonds is 2. The molecule has 0 rings (SSSR count). The Morgan fingerprint density at radius 2 is 1.91 bits per heavy atom.